The van der Waals surface area contributed by atoms with Crippen molar-refractivity contribution in [3.63, 3.8) is 0 Å². The molecule has 0 aliphatic carbocycles. The fourth-order valence-electron chi connectivity index (χ4n) is 6.09. The van der Waals surface area contributed by atoms with Crippen molar-refractivity contribution >= 4 is 11.8 Å². The highest BCUT2D eigenvalue weighted by Crippen LogP contribution is 2.45. The number of carbonyl (C=O) groups excluding carboxylic acids is 2. The number of piperidine rings is 1. The van der Waals surface area contributed by atoms with Gasteiger partial charge in [0.05, 0.1) is 11.0 Å². The Morgan fingerprint density at radius 3 is 2.29 bits per heavy atom. The number of nitrogens with one attached hydrogen (secondary N) is 1. The molecule has 7 heteroatoms. The van der Waals surface area contributed by atoms with Crippen molar-refractivity contribution in [1.29, 1.82) is 0 Å². The van der Waals surface area contributed by atoms with Gasteiger partial charge in [-0.15, -0.1) is 0 Å². The maximum atomic E-state index is 14.2. The van der Waals surface area contributed by atoms with Crippen LogP contribution in [0, 0.1) is 17.0 Å². The summed E-state index contributed by atoms with van der Waals surface area (Å²) in [5.74, 6) is -0.655. The van der Waals surface area contributed by atoms with Crippen LogP contribution in [0.2, 0.25) is 0 Å². The zero-order valence-corrected chi connectivity index (χ0v) is 19.2. The normalized spacial score (nSPS) is 26.5. The molecule has 5 rings (SSSR count). The van der Waals surface area contributed by atoms with Crippen LogP contribution in [0.25, 0.3) is 0 Å². The lowest BCUT2D eigenvalue weighted by Crippen LogP contribution is -2.57. The molecule has 0 bridgehead atoms. The van der Waals surface area contributed by atoms with Crippen molar-refractivity contribution in [2.24, 2.45) is 5.41 Å². The zero-order valence-electron chi connectivity index (χ0n) is 19.2. The van der Waals surface area contributed by atoms with E-state index in [4.69, 9.17) is 4.74 Å². The number of benzene rings is 2. The maximum absolute atomic E-state index is 14.2. The second kappa shape index (κ2) is 9.10. The molecule has 3 fully saturated rings. The van der Waals surface area contributed by atoms with E-state index in [1.165, 1.54) is 24.3 Å². The summed E-state index contributed by atoms with van der Waals surface area (Å²) in [5, 5.41) is 3.22. The first kappa shape index (κ1) is 23.0. The van der Waals surface area contributed by atoms with Gasteiger partial charge in [0.1, 0.15) is 11.6 Å². The Morgan fingerprint density at radius 1 is 1.00 bits per heavy atom. The van der Waals surface area contributed by atoms with Gasteiger partial charge in [-0.05, 0) is 67.5 Å². The molecule has 180 valence electrons. The summed E-state index contributed by atoms with van der Waals surface area (Å²) in [6, 6.07) is 12.7. The second-order valence-electron chi connectivity index (χ2n) is 10.0. The van der Waals surface area contributed by atoms with Gasteiger partial charge in [0, 0.05) is 38.6 Å². The minimum atomic E-state index is -0.631. The predicted octanol–water partition coefficient (Wildman–Crippen LogP) is 3.97. The molecule has 3 heterocycles. The van der Waals surface area contributed by atoms with Gasteiger partial charge in [0.15, 0.2) is 0 Å². The van der Waals surface area contributed by atoms with Crippen molar-refractivity contribution in [1.82, 2.24) is 10.2 Å². The minimum Gasteiger partial charge on any atom is -0.381 e. The number of likely N-dealkylation sites (tertiary alicyclic amines) is 1. The molecule has 0 radical (unpaired) electrons. The third-order valence-corrected chi connectivity index (χ3v) is 7.88. The fraction of sp³-hybridized carbons (Fsp3) is 0.481. The summed E-state index contributed by atoms with van der Waals surface area (Å²) >= 11 is 0. The van der Waals surface area contributed by atoms with Crippen LogP contribution in [0.4, 0.5) is 8.78 Å². The van der Waals surface area contributed by atoms with E-state index in [0.29, 0.717) is 52.0 Å². The number of hydrogen-bond donors (Lipinski definition) is 1. The lowest BCUT2D eigenvalue weighted by atomic mass is 9.74. The molecular formula is C27H30F2N2O3. The average Bonchev–Trinajstić information content (AvgIpc) is 3.19. The Hall–Kier alpha value is -2.80. The van der Waals surface area contributed by atoms with Crippen LogP contribution >= 0.6 is 0 Å². The Labute approximate surface area is 198 Å². The van der Waals surface area contributed by atoms with Gasteiger partial charge in [0.25, 0.3) is 0 Å². The Morgan fingerprint density at radius 2 is 1.65 bits per heavy atom. The summed E-state index contributed by atoms with van der Waals surface area (Å²) in [5.41, 5.74) is 0.670. The third kappa shape index (κ3) is 4.33. The van der Waals surface area contributed by atoms with Crippen molar-refractivity contribution in [3.8, 4) is 0 Å². The first-order valence-electron chi connectivity index (χ1n) is 12.1. The highest BCUT2D eigenvalue weighted by molar-refractivity contribution is 5.84. The molecule has 2 aromatic carbocycles. The number of hydrogen-bond acceptors (Lipinski definition) is 3. The van der Waals surface area contributed by atoms with Gasteiger partial charge in [-0.3, -0.25) is 9.59 Å². The van der Waals surface area contributed by atoms with Crippen LogP contribution < -0.4 is 5.32 Å². The van der Waals surface area contributed by atoms with E-state index < -0.39 is 11.0 Å². The molecule has 1 spiro atoms. The fourth-order valence-corrected chi connectivity index (χ4v) is 6.09. The van der Waals surface area contributed by atoms with E-state index in [1.807, 2.05) is 4.90 Å². The first-order chi connectivity index (χ1) is 16.4. The summed E-state index contributed by atoms with van der Waals surface area (Å²) in [6.07, 6.45) is 3.74. The second-order valence-corrected chi connectivity index (χ2v) is 10.0. The number of halogens is 2. The smallest absolute Gasteiger partial charge is 0.229 e. The van der Waals surface area contributed by atoms with Crippen molar-refractivity contribution < 1.29 is 23.1 Å². The lowest BCUT2D eigenvalue weighted by molar-refractivity contribution is -0.147. The van der Waals surface area contributed by atoms with Gasteiger partial charge in [-0.1, -0.05) is 24.3 Å². The van der Waals surface area contributed by atoms with E-state index in [1.54, 1.807) is 24.3 Å². The average molecular weight is 469 g/mol. The highest BCUT2D eigenvalue weighted by atomic mass is 19.1. The number of amides is 2. The molecule has 2 atom stereocenters. The first-order valence-corrected chi connectivity index (χ1v) is 12.1. The van der Waals surface area contributed by atoms with Gasteiger partial charge < -0.3 is 15.0 Å². The van der Waals surface area contributed by atoms with Crippen LogP contribution in [0.3, 0.4) is 0 Å². The topological polar surface area (TPSA) is 58.6 Å². The molecule has 2 amide bonds. The summed E-state index contributed by atoms with van der Waals surface area (Å²) in [6.45, 7) is 1.91. The molecule has 5 nitrogen and oxygen atoms in total. The van der Waals surface area contributed by atoms with Gasteiger partial charge in [0.2, 0.25) is 11.8 Å². The SMILES string of the molecule is O=C1CCC[C@]2(CN(C(=O)C3(Cc4ccc(F)cc4)CCOCC3)C[C@H]2c2ccc(F)cc2)N1. The molecule has 0 saturated carbocycles. The molecular weight excluding hydrogens is 438 g/mol. The molecule has 3 aliphatic heterocycles. The van der Waals surface area contributed by atoms with E-state index in [2.05, 4.69) is 5.32 Å². The Balaban J connectivity index is 1.46. The lowest BCUT2D eigenvalue weighted by Gasteiger charge is -2.40. The van der Waals surface area contributed by atoms with Crippen LogP contribution in [0.1, 0.15) is 49.1 Å². The highest BCUT2D eigenvalue weighted by Gasteiger charge is 2.53. The number of carbonyl (C=O) groups is 2. The molecule has 2 aromatic rings. The van der Waals surface area contributed by atoms with Crippen molar-refractivity contribution in [2.75, 3.05) is 26.3 Å². The van der Waals surface area contributed by atoms with Crippen LogP contribution in [0.5, 0.6) is 0 Å². The summed E-state index contributed by atoms with van der Waals surface area (Å²) < 4.78 is 32.7. The summed E-state index contributed by atoms with van der Waals surface area (Å²) in [7, 11) is 0. The van der Waals surface area contributed by atoms with Crippen molar-refractivity contribution in [3.05, 3.63) is 71.3 Å². The van der Waals surface area contributed by atoms with E-state index in [0.717, 1.165) is 24.0 Å². The van der Waals surface area contributed by atoms with Gasteiger partial charge >= 0.3 is 0 Å². The minimum absolute atomic E-state index is 0.000229. The zero-order chi connectivity index (χ0) is 23.8. The molecule has 3 aliphatic rings. The molecule has 0 unspecified atom stereocenters. The maximum Gasteiger partial charge on any atom is 0.229 e. The number of rotatable bonds is 4. The van der Waals surface area contributed by atoms with Crippen LogP contribution in [-0.2, 0) is 20.7 Å². The van der Waals surface area contributed by atoms with Crippen LogP contribution in [0.15, 0.2) is 48.5 Å². The standard InChI is InChI=1S/C27H30F2N2O3/c28-21-7-3-19(4-8-21)16-26(12-14-34-15-13-26)25(33)31-17-23(20-5-9-22(29)10-6-20)27(18-31)11-1-2-24(32)30-27/h3-10,23H,1-2,11-18H2,(H,30,32)/t23-,27+/m0/s1. The molecule has 3 saturated heterocycles. The molecule has 1 N–H and O–H groups in total. The summed E-state index contributed by atoms with van der Waals surface area (Å²) in [4.78, 5) is 28.5. The number of ether oxygens (including phenoxy) is 1. The van der Waals surface area contributed by atoms with Gasteiger partial charge in [-0.2, -0.15) is 0 Å². The molecule has 34 heavy (non-hydrogen) atoms. The Kier molecular flexibility index (Phi) is 6.15. The number of nitrogens with zero attached hydrogens (tertiary/aromatic N) is 1. The largest absolute Gasteiger partial charge is 0.381 e. The quantitative estimate of drug-likeness (QED) is 0.739. The van der Waals surface area contributed by atoms with E-state index in [-0.39, 0.29) is 29.4 Å². The Bertz CT molecular complexity index is 1050. The monoisotopic (exact) mass is 468 g/mol. The van der Waals surface area contributed by atoms with Gasteiger partial charge in [-0.25, -0.2) is 8.78 Å². The molecule has 0 aromatic heterocycles. The predicted molar refractivity (Wildman–Crippen MR) is 123 cm³/mol. The third-order valence-electron chi connectivity index (χ3n) is 7.88. The van der Waals surface area contributed by atoms with Crippen molar-refractivity contribution in [2.45, 2.75) is 50.0 Å². The van der Waals surface area contributed by atoms with Crippen LogP contribution in [-0.4, -0.2) is 48.6 Å². The van der Waals surface area contributed by atoms with E-state index in [9.17, 15) is 18.4 Å². The van der Waals surface area contributed by atoms with E-state index >= 15 is 0 Å².